The molecular weight excluding hydrogens is 267 g/mol. The van der Waals surface area contributed by atoms with E-state index in [0.29, 0.717) is 11.3 Å². The SMILES string of the molecule is CC(C)Oc1ccc(-c2ccnc3c2ccn3C)c(F)c1. The highest BCUT2D eigenvalue weighted by Crippen LogP contribution is 2.31. The largest absolute Gasteiger partial charge is 0.491 e. The zero-order valence-corrected chi connectivity index (χ0v) is 12.3. The number of aryl methyl sites for hydroxylation is 1. The number of pyridine rings is 1. The predicted octanol–water partition coefficient (Wildman–Crippen LogP) is 4.17. The minimum Gasteiger partial charge on any atom is -0.491 e. The van der Waals surface area contributed by atoms with Crippen molar-refractivity contribution in [3.8, 4) is 16.9 Å². The van der Waals surface area contributed by atoms with Crippen LogP contribution in [0.5, 0.6) is 5.75 Å². The van der Waals surface area contributed by atoms with Crippen molar-refractivity contribution < 1.29 is 9.13 Å². The maximum absolute atomic E-state index is 14.4. The van der Waals surface area contributed by atoms with Gasteiger partial charge < -0.3 is 9.30 Å². The molecule has 0 atom stereocenters. The van der Waals surface area contributed by atoms with E-state index >= 15 is 0 Å². The molecule has 1 aromatic carbocycles. The normalized spacial score (nSPS) is 11.3. The number of rotatable bonds is 3. The van der Waals surface area contributed by atoms with Gasteiger partial charge in [-0.05, 0) is 43.7 Å². The zero-order chi connectivity index (χ0) is 15.0. The second-order valence-electron chi connectivity index (χ2n) is 5.33. The first kappa shape index (κ1) is 13.6. The fourth-order valence-electron chi connectivity index (χ4n) is 2.46. The number of halogens is 1. The van der Waals surface area contributed by atoms with Crippen LogP contribution in [0.3, 0.4) is 0 Å². The van der Waals surface area contributed by atoms with E-state index in [1.54, 1.807) is 18.3 Å². The Hall–Kier alpha value is -2.36. The van der Waals surface area contributed by atoms with E-state index < -0.39 is 0 Å². The lowest BCUT2D eigenvalue weighted by atomic mass is 10.0. The summed E-state index contributed by atoms with van der Waals surface area (Å²) in [5.74, 6) is 0.258. The highest BCUT2D eigenvalue weighted by molar-refractivity contribution is 5.93. The van der Waals surface area contributed by atoms with E-state index in [1.165, 1.54) is 6.07 Å². The molecule has 4 heteroatoms. The molecule has 0 radical (unpaired) electrons. The topological polar surface area (TPSA) is 27.1 Å². The van der Waals surface area contributed by atoms with Gasteiger partial charge in [0.2, 0.25) is 0 Å². The smallest absolute Gasteiger partial charge is 0.140 e. The summed E-state index contributed by atoms with van der Waals surface area (Å²) in [4.78, 5) is 4.33. The van der Waals surface area contributed by atoms with Crippen LogP contribution in [-0.4, -0.2) is 15.7 Å². The van der Waals surface area contributed by atoms with Gasteiger partial charge in [0.25, 0.3) is 0 Å². The molecule has 21 heavy (non-hydrogen) atoms. The zero-order valence-electron chi connectivity index (χ0n) is 12.3. The van der Waals surface area contributed by atoms with Crippen LogP contribution in [0.1, 0.15) is 13.8 Å². The van der Waals surface area contributed by atoms with Crippen LogP contribution in [0.25, 0.3) is 22.2 Å². The Morgan fingerprint density at radius 1 is 1.14 bits per heavy atom. The summed E-state index contributed by atoms with van der Waals surface area (Å²) < 4.78 is 21.9. The maximum Gasteiger partial charge on any atom is 0.140 e. The molecule has 3 nitrogen and oxygen atoms in total. The molecule has 3 rings (SSSR count). The third-order valence-electron chi connectivity index (χ3n) is 3.37. The number of fused-ring (bicyclic) bond motifs is 1. The average Bonchev–Trinajstić information content (AvgIpc) is 2.80. The number of hydrogen-bond acceptors (Lipinski definition) is 2. The molecule has 0 unspecified atom stereocenters. The van der Waals surface area contributed by atoms with E-state index in [9.17, 15) is 4.39 Å². The highest BCUT2D eigenvalue weighted by Gasteiger charge is 2.12. The van der Waals surface area contributed by atoms with Crippen molar-refractivity contribution in [2.24, 2.45) is 7.05 Å². The standard InChI is InChI=1S/C17H17FN2O/c1-11(2)21-12-4-5-14(16(18)10-12)13-6-8-19-17-15(13)7-9-20(17)3/h4-11H,1-3H3. The summed E-state index contributed by atoms with van der Waals surface area (Å²) >= 11 is 0. The molecule has 3 aromatic rings. The number of hydrogen-bond donors (Lipinski definition) is 0. The number of nitrogens with zero attached hydrogens (tertiary/aromatic N) is 2. The van der Waals surface area contributed by atoms with Crippen LogP contribution in [0, 0.1) is 5.82 Å². The summed E-state index contributed by atoms with van der Waals surface area (Å²) in [7, 11) is 1.93. The summed E-state index contributed by atoms with van der Waals surface area (Å²) in [5.41, 5.74) is 2.24. The van der Waals surface area contributed by atoms with Crippen LogP contribution in [0.4, 0.5) is 4.39 Å². The lowest BCUT2D eigenvalue weighted by Gasteiger charge is -2.11. The Morgan fingerprint density at radius 3 is 2.67 bits per heavy atom. The van der Waals surface area contributed by atoms with Gasteiger partial charge in [-0.3, -0.25) is 0 Å². The van der Waals surface area contributed by atoms with E-state index in [-0.39, 0.29) is 11.9 Å². The van der Waals surface area contributed by atoms with Gasteiger partial charge in [-0.25, -0.2) is 9.37 Å². The fraction of sp³-hybridized carbons (Fsp3) is 0.235. The van der Waals surface area contributed by atoms with Crippen molar-refractivity contribution in [1.29, 1.82) is 0 Å². The van der Waals surface area contributed by atoms with Gasteiger partial charge in [0.15, 0.2) is 0 Å². The van der Waals surface area contributed by atoms with Crippen LogP contribution >= 0.6 is 0 Å². The third kappa shape index (κ3) is 2.49. The van der Waals surface area contributed by atoms with E-state index in [2.05, 4.69) is 4.98 Å². The Bertz CT molecular complexity index is 793. The van der Waals surface area contributed by atoms with Gasteiger partial charge in [0.05, 0.1) is 6.10 Å². The lowest BCUT2D eigenvalue weighted by Crippen LogP contribution is -2.05. The summed E-state index contributed by atoms with van der Waals surface area (Å²) in [5, 5.41) is 0.941. The van der Waals surface area contributed by atoms with Gasteiger partial charge in [-0.1, -0.05) is 0 Å². The molecule has 0 spiro atoms. The first-order valence-corrected chi connectivity index (χ1v) is 6.93. The molecular formula is C17H17FN2O. The van der Waals surface area contributed by atoms with Crippen LogP contribution in [-0.2, 0) is 7.05 Å². The summed E-state index contributed by atoms with van der Waals surface area (Å²) in [6.45, 7) is 3.84. The molecule has 0 aliphatic carbocycles. The minimum absolute atomic E-state index is 0.0250. The molecule has 0 aliphatic heterocycles. The van der Waals surface area contributed by atoms with E-state index in [4.69, 9.17) is 4.74 Å². The number of aromatic nitrogens is 2. The molecule has 0 bridgehead atoms. The molecule has 0 aliphatic rings. The van der Waals surface area contributed by atoms with Crippen LogP contribution in [0.2, 0.25) is 0 Å². The predicted molar refractivity (Wildman–Crippen MR) is 81.9 cm³/mol. The van der Waals surface area contributed by atoms with Gasteiger partial charge in [0.1, 0.15) is 17.2 Å². The number of ether oxygens (including phenoxy) is 1. The monoisotopic (exact) mass is 284 g/mol. The van der Waals surface area contributed by atoms with Crippen molar-refractivity contribution in [2.75, 3.05) is 0 Å². The average molecular weight is 284 g/mol. The second-order valence-corrected chi connectivity index (χ2v) is 5.33. The van der Waals surface area contributed by atoms with Gasteiger partial charge in [-0.15, -0.1) is 0 Å². The highest BCUT2D eigenvalue weighted by atomic mass is 19.1. The first-order valence-electron chi connectivity index (χ1n) is 6.93. The van der Waals surface area contributed by atoms with Crippen molar-refractivity contribution >= 4 is 11.0 Å². The second kappa shape index (κ2) is 5.20. The Morgan fingerprint density at radius 2 is 1.95 bits per heavy atom. The van der Waals surface area contributed by atoms with Gasteiger partial charge >= 0.3 is 0 Å². The van der Waals surface area contributed by atoms with Crippen molar-refractivity contribution in [1.82, 2.24) is 9.55 Å². The molecule has 0 fully saturated rings. The molecule has 0 amide bonds. The van der Waals surface area contributed by atoms with E-state index in [0.717, 1.165) is 16.6 Å². The van der Waals surface area contributed by atoms with Crippen LogP contribution < -0.4 is 4.74 Å². The summed E-state index contributed by atoms with van der Waals surface area (Å²) in [6.07, 6.45) is 3.65. The quantitative estimate of drug-likeness (QED) is 0.722. The molecule has 2 aromatic heterocycles. The molecule has 0 N–H and O–H groups in total. The van der Waals surface area contributed by atoms with Crippen molar-refractivity contribution in [3.05, 3.63) is 48.5 Å². The van der Waals surface area contributed by atoms with Crippen LogP contribution in [0.15, 0.2) is 42.7 Å². The molecule has 0 saturated carbocycles. The fourth-order valence-corrected chi connectivity index (χ4v) is 2.46. The lowest BCUT2D eigenvalue weighted by molar-refractivity contribution is 0.241. The molecule has 0 saturated heterocycles. The maximum atomic E-state index is 14.4. The van der Waals surface area contributed by atoms with Gasteiger partial charge in [-0.2, -0.15) is 0 Å². The Balaban J connectivity index is 2.10. The van der Waals surface area contributed by atoms with Crippen molar-refractivity contribution in [3.63, 3.8) is 0 Å². The number of benzene rings is 1. The first-order chi connectivity index (χ1) is 10.1. The Labute approximate surface area is 123 Å². The minimum atomic E-state index is -0.287. The summed E-state index contributed by atoms with van der Waals surface area (Å²) in [6, 6.07) is 8.78. The third-order valence-corrected chi connectivity index (χ3v) is 3.37. The molecule has 2 heterocycles. The van der Waals surface area contributed by atoms with Crippen molar-refractivity contribution in [2.45, 2.75) is 20.0 Å². The molecule has 108 valence electrons. The van der Waals surface area contributed by atoms with Gasteiger partial charge in [0, 0.05) is 36.5 Å². The Kier molecular flexibility index (Phi) is 3.37. The van der Waals surface area contributed by atoms with E-state index in [1.807, 2.05) is 43.8 Å².